The van der Waals surface area contributed by atoms with Gasteiger partial charge < -0.3 is 25.0 Å². The Morgan fingerprint density at radius 1 is 0.879 bits per heavy atom. The first kappa shape index (κ1) is 22.2. The van der Waals surface area contributed by atoms with Gasteiger partial charge in [0.05, 0.1) is 24.0 Å². The summed E-state index contributed by atoms with van der Waals surface area (Å²) in [5.41, 5.74) is 3.58. The first-order chi connectivity index (χ1) is 16.0. The number of methoxy groups -OCH3 is 1. The van der Waals surface area contributed by atoms with E-state index in [9.17, 15) is 14.7 Å². The normalized spacial score (nSPS) is 13.5. The van der Waals surface area contributed by atoms with Gasteiger partial charge in [0.25, 0.3) is 5.91 Å². The quantitative estimate of drug-likeness (QED) is 0.589. The largest absolute Gasteiger partial charge is 0.495 e. The lowest BCUT2D eigenvalue weighted by Crippen LogP contribution is -2.46. The number of nitrogens with zero attached hydrogens (tertiary/aromatic N) is 2. The molecular formula is C26H27N3O4. The number of aryl methyl sites for hydroxylation is 1. The van der Waals surface area contributed by atoms with E-state index in [0.717, 1.165) is 48.9 Å². The van der Waals surface area contributed by atoms with E-state index in [1.54, 1.807) is 31.4 Å². The molecule has 0 spiro atoms. The molecule has 1 heterocycles. The van der Waals surface area contributed by atoms with Crippen molar-refractivity contribution in [3.05, 3.63) is 83.4 Å². The van der Waals surface area contributed by atoms with Gasteiger partial charge in [0.2, 0.25) is 0 Å². The molecule has 7 heteroatoms. The maximum absolute atomic E-state index is 12.7. The van der Waals surface area contributed by atoms with Gasteiger partial charge in [0.1, 0.15) is 5.75 Å². The Bertz CT molecular complexity index is 1170. The predicted molar refractivity (Wildman–Crippen MR) is 130 cm³/mol. The SMILES string of the molecule is COc1ccccc1N1CCN(c2ccc(NC(=O)c3ccccc3C)c(C(=O)O)c2)CC1. The van der Waals surface area contributed by atoms with E-state index < -0.39 is 5.97 Å². The summed E-state index contributed by atoms with van der Waals surface area (Å²) in [6.45, 7) is 4.90. The van der Waals surface area contributed by atoms with E-state index >= 15 is 0 Å². The first-order valence-corrected chi connectivity index (χ1v) is 10.8. The van der Waals surface area contributed by atoms with Gasteiger partial charge in [0, 0.05) is 37.4 Å². The summed E-state index contributed by atoms with van der Waals surface area (Å²) in [4.78, 5) is 29.1. The van der Waals surface area contributed by atoms with E-state index in [4.69, 9.17) is 4.74 Å². The zero-order valence-corrected chi connectivity index (χ0v) is 18.7. The number of hydrogen-bond acceptors (Lipinski definition) is 5. The van der Waals surface area contributed by atoms with E-state index in [-0.39, 0.29) is 17.2 Å². The van der Waals surface area contributed by atoms with E-state index in [0.29, 0.717) is 5.56 Å². The fourth-order valence-electron chi connectivity index (χ4n) is 4.13. The maximum atomic E-state index is 12.7. The summed E-state index contributed by atoms with van der Waals surface area (Å²) in [7, 11) is 1.67. The minimum atomic E-state index is -1.08. The smallest absolute Gasteiger partial charge is 0.337 e. The Balaban J connectivity index is 1.50. The van der Waals surface area contributed by atoms with Crippen molar-refractivity contribution in [1.29, 1.82) is 0 Å². The Morgan fingerprint density at radius 3 is 2.24 bits per heavy atom. The molecule has 0 saturated carbocycles. The highest BCUT2D eigenvalue weighted by atomic mass is 16.5. The Kier molecular flexibility index (Phi) is 6.49. The number of aromatic carboxylic acids is 1. The number of nitrogens with one attached hydrogen (secondary N) is 1. The summed E-state index contributed by atoms with van der Waals surface area (Å²) < 4.78 is 5.48. The molecule has 1 amide bonds. The maximum Gasteiger partial charge on any atom is 0.337 e. The molecule has 1 aliphatic rings. The van der Waals surface area contributed by atoms with E-state index in [1.165, 1.54) is 0 Å². The summed E-state index contributed by atoms with van der Waals surface area (Å²) in [5.74, 6) is -0.564. The van der Waals surface area contributed by atoms with Crippen LogP contribution in [0.2, 0.25) is 0 Å². The molecule has 2 N–H and O–H groups in total. The van der Waals surface area contributed by atoms with Crippen LogP contribution in [0.15, 0.2) is 66.7 Å². The van der Waals surface area contributed by atoms with Crippen LogP contribution in [0.1, 0.15) is 26.3 Å². The van der Waals surface area contributed by atoms with Crippen molar-refractivity contribution in [2.45, 2.75) is 6.92 Å². The van der Waals surface area contributed by atoms with Crippen LogP contribution in [-0.4, -0.2) is 50.3 Å². The predicted octanol–water partition coefficient (Wildman–Crippen LogP) is 4.28. The van der Waals surface area contributed by atoms with Gasteiger partial charge in [-0.2, -0.15) is 0 Å². The molecule has 0 atom stereocenters. The van der Waals surface area contributed by atoms with Crippen molar-refractivity contribution in [2.75, 3.05) is 48.4 Å². The topological polar surface area (TPSA) is 82.1 Å². The van der Waals surface area contributed by atoms with Gasteiger partial charge >= 0.3 is 5.97 Å². The van der Waals surface area contributed by atoms with Crippen LogP contribution < -0.4 is 19.9 Å². The molecule has 0 aromatic heterocycles. The van der Waals surface area contributed by atoms with Crippen LogP contribution in [0.25, 0.3) is 0 Å². The van der Waals surface area contributed by atoms with Gasteiger partial charge in [-0.15, -0.1) is 0 Å². The van der Waals surface area contributed by atoms with Crippen LogP contribution in [0.3, 0.4) is 0 Å². The van der Waals surface area contributed by atoms with Crippen LogP contribution >= 0.6 is 0 Å². The average molecular weight is 446 g/mol. The van der Waals surface area contributed by atoms with Crippen molar-refractivity contribution < 1.29 is 19.4 Å². The highest BCUT2D eigenvalue weighted by Crippen LogP contribution is 2.30. The van der Waals surface area contributed by atoms with Crippen LogP contribution in [-0.2, 0) is 0 Å². The number of anilines is 3. The molecule has 1 saturated heterocycles. The van der Waals surface area contributed by atoms with Crippen LogP contribution in [0, 0.1) is 6.92 Å². The molecule has 3 aromatic carbocycles. The second-order valence-electron chi connectivity index (χ2n) is 7.95. The average Bonchev–Trinajstić information content (AvgIpc) is 2.84. The Labute approximate surface area is 193 Å². The number of carboxylic acid groups (broad SMARTS) is 1. The number of piperazine rings is 1. The number of carbonyl (C=O) groups excluding carboxylic acids is 1. The zero-order valence-electron chi connectivity index (χ0n) is 18.7. The molecule has 1 aliphatic heterocycles. The molecule has 0 unspecified atom stereocenters. The lowest BCUT2D eigenvalue weighted by atomic mass is 10.1. The van der Waals surface area contributed by atoms with Crippen LogP contribution in [0.5, 0.6) is 5.75 Å². The lowest BCUT2D eigenvalue weighted by Gasteiger charge is -2.38. The molecule has 0 aliphatic carbocycles. The first-order valence-electron chi connectivity index (χ1n) is 10.8. The van der Waals surface area contributed by atoms with Crippen molar-refractivity contribution in [3.8, 4) is 5.75 Å². The zero-order chi connectivity index (χ0) is 23.4. The summed E-state index contributed by atoms with van der Waals surface area (Å²) >= 11 is 0. The van der Waals surface area contributed by atoms with Crippen molar-refractivity contribution in [2.24, 2.45) is 0 Å². The summed E-state index contributed by atoms with van der Waals surface area (Å²) in [5, 5.41) is 12.5. The molecule has 170 valence electrons. The number of carbonyl (C=O) groups is 2. The van der Waals surface area contributed by atoms with E-state index in [1.807, 2.05) is 49.4 Å². The number of ether oxygens (including phenoxy) is 1. The fourth-order valence-corrected chi connectivity index (χ4v) is 4.13. The summed E-state index contributed by atoms with van der Waals surface area (Å²) in [6.07, 6.45) is 0. The minimum Gasteiger partial charge on any atom is -0.495 e. The Morgan fingerprint density at radius 2 is 1.55 bits per heavy atom. The van der Waals surface area contributed by atoms with Crippen molar-refractivity contribution >= 4 is 28.9 Å². The summed E-state index contributed by atoms with van der Waals surface area (Å²) in [6, 6.07) is 20.3. The highest BCUT2D eigenvalue weighted by Gasteiger charge is 2.22. The monoisotopic (exact) mass is 445 g/mol. The highest BCUT2D eigenvalue weighted by molar-refractivity contribution is 6.08. The third kappa shape index (κ3) is 4.77. The third-order valence-corrected chi connectivity index (χ3v) is 5.94. The van der Waals surface area contributed by atoms with Gasteiger partial charge in [0.15, 0.2) is 0 Å². The lowest BCUT2D eigenvalue weighted by molar-refractivity contribution is 0.0698. The van der Waals surface area contributed by atoms with Gasteiger partial charge in [-0.3, -0.25) is 4.79 Å². The Hall–Kier alpha value is -4.00. The second-order valence-corrected chi connectivity index (χ2v) is 7.95. The number of hydrogen-bond donors (Lipinski definition) is 2. The molecule has 7 nitrogen and oxygen atoms in total. The fraction of sp³-hybridized carbons (Fsp3) is 0.231. The van der Waals surface area contributed by atoms with Gasteiger partial charge in [-0.25, -0.2) is 4.79 Å². The standard InChI is InChI=1S/C26H27N3O4/c1-18-7-3-4-8-20(18)25(30)27-22-12-11-19(17-21(22)26(31)32)28-13-15-29(16-14-28)23-9-5-6-10-24(23)33-2/h3-12,17H,13-16H2,1-2H3,(H,27,30)(H,31,32). The molecular weight excluding hydrogens is 418 g/mol. The van der Waals surface area contributed by atoms with Crippen LogP contribution in [0.4, 0.5) is 17.1 Å². The van der Waals surface area contributed by atoms with Crippen molar-refractivity contribution in [1.82, 2.24) is 0 Å². The third-order valence-electron chi connectivity index (χ3n) is 5.94. The number of amides is 1. The van der Waals surface area contributed by atoms with Gasteiger partial charge in [-0.05, 0) is 48.9 Å². The number of carboxylic acids is 1. The molecule has 0 bridgehead atoms. The molecule has 33 heavy (non-hydrogen) atoms. The minimum absolute atomic E-state index is 0.0709. The molecule has 0 radical (unpaired) electrons. The molecule has 3 aromatic rings. The number of benzene rings is 3. The number of rotatable bonds is 6. The van der Waals surface area contributed by atoms with Crippen molar-refractivity contribution in [3.63, 3.8) is 0 Å². The second kappa shape index (κ2) is 9.65. The van der Waals surface area contributed by atoms with Gasteiger partial charge in [-0.1, -0.05) is 30.3 Å². The number of para-hydroxylation sites is 2. The molecule has 1 fully saturated rings. The van der Waals surface area contributed by atoms with E-state index in [2.05, 4.69) is 15.1 Å². The molecule has 4 rings (SSSR count).